The topological polar surface area (TPSA) is 61.8 Å². The number of anilines is 2. The number of carbonyl (C=O) groups is 2. The molecule has 1 N–H and O–H groups in total. The van der Waals surface area contributed by atoms with Crippen molar-refractivity contribution in [3.05, 3.63) is 95.6 Å². The van der Waals surface area contributed by atoms with E-state index in [2.05, 4.69) is 10.5 Å². The second-order valence-corrected chi connectivity index (χ2v) is 6.18. The molecule has 3 aromatic carbocycles. The Labute approximate surface area is 156 Å². The highest BCUT2D eigenvalue weighted by atomic mass is 16.2. The number of rotatable bonds is 4. The molecule has 1 heterocycles. The van der Waals surface area contributed by atoms with E-state index in [4.69, 9.17) is 0 Å². The zero-order chi connectivity index (χ0) is 18.8. The normalized spacial score (nSPS) is 13.7. The summed E-state index contributed by atoms with van der Waals surface area (Å²) in [5, 5.41) is 4.41. The molecule has 2 amide bonds. The van der Waals surface area contributed by atoms with Crippen molar-refractivity contribution in [1.82, 2.24) is 0 Å². The van der Waals surface area contributed by atoms with E-state index in [-0.39, 0.29) is 11.8 Å². The summed E-state index contributed by atoms with van der Waals surface area (Å²) in [5.74, 6) is -0.626. The van der Waals surface area contributed by atoms with E-state index in [0.29, 0.717) is 22.5 Å². The van der Waals surface area contributed by atoms with Crippen LogP contribution in [0, 0.1) is 0 Å². The summed E-state index contributed by atoms with van der Waals surface area (Å²) < 4.78 is 0. The van der Waals surface area contributed by atoms with E-state index in [1.165, 1.54) is 4.90 Å². The molecule has 4 rings (SSSR count). The maximum atomic E-state index is 12.8. The Balaban J connectivity index is 1.70. The van der Waals surface area contributed by atoms with Gasteiger partial charge in [-0.3, -0.25) is 15.0 Å². The van der Waals surface area contributed by atoms with Gasteiger partial charge in [0, 0.05) is 5.56 Å². The summed E-state index contributed by atoms with van der Waals surface area (Å²) >= 11 is 0. The molecular formula is C22H17N3O2. The Morgan fingerprint density at radius 1 is 0.778 bits per heavy atom. The average Bonchev–Trinajstić information content (AvgIpc) is 2.97. The Morgan fingerprint density at radius 3 is 2.00 bits per heavy atom. The van der Waals surface area contributed by atoms with Gasteiger partial charge in [0.15, 0.2) is 0 Å². The molecule has 132 valence electrons. The number of hydrogen-bond donors (Lipinski definition) is 1. The van der Waals surface area contributed by atoms with Crippen molar-refractivity contribution in [2.75, 3.05) is 10.3 Å². The predicted octanol–water partition coefficient (Wildman–Crippen LogP) is 4.32. The zero-order valence-corrected chi connectivity index (χ0v) is 14.7. The minimum atomic E-state index is -0.313. The maximum absolute atomic E-state index is 12.8. The molecule has 0 spiro atoms. The minimum absolute atomic E-state index is 0.313. The third-order valence-electron chi connectivity index (χ3n) is 4.46. The molecule has 5 heteroatoms. The van der Waals surface area contributed by atoms with Crippen LogP contribution in [-0.4, -0.2) is 17.5 Å². The molecule has 0 radical (unpaired) electrons. The molecule has 5 nitrogen and oxygen atoms in total. The van der Waals surface area contributed by atoms with Crippen molar-refractivity contribution in [2.24, 2.45) is 5.10 Å². The summed E-state index contributed by atoms with van der Waals surface area (Å²) in [6.45, 7) is 1.84. The highest BCUT2D eigenvalue weighted by Crippen LogP contribution is 2.31. The monoisotopic (exact) mass is 355 g/mol. The molecule has 3 aromatic rings. The van der Waals surface area contributed by atoms with Crippen molar-refractivity contribution >= 4 is 28.9 Å². The molecule has 0 atom stereocenters. The van der Waals surface area contributed by atoms with Gasteiger partial charge in [-0.25, -0.2) is 4.90 Å². The van der Waals surface area contributed by atoms with Gasteiger partial charge in [0.1, 0.15) is 0 Å². The number of benzene rings is 3. The van der Waals surface area contributed by atoms with Crippen LogP contribution in [0.4, 0.5) is 11.4 Å². The van der Waals surface area contributed by atoms with Gasteiger partial charge in [-0.05, 0) is 37.3 Å². The van der Waals surface area contributed by atoms with Crippen molar-refractivity contribution in [3.63, 3.8) is 0 Å². The fraction of sp³-hybridized carbons (Fsp3) is 0.0455. The molecule has 27 heavy (non-hydrogen) atoms. The molecule has 0 unspecified atom stereocenters. The van der Waals surface area contributed by atoms with Crippen LogP contribution in [0.1, 0.15) is 33.2 Å². The van der Waals surface area contributed by atoms with Crippen LogP contribution < -0.4 is 10.3 Å². The van der Waals surface area contributed by atoms with Crippen molar-refractivity contribution < 1.29 is 9.59 Å². The van der Waals surface area contributed by atoms with Gasteiger partial charge in [-0.1, -0.05) is 48.5 Å². The van der Waals surface area contributed by atoms with Gasteiger partial charge < -0.3 is 0 Å². The van der Waals surface area contributed by atoms with Gasteiger partial charge in [0.2, 0.25) is 0 Å². The van der Waals surface area contributed by atoms with Crippen LogP contribution in [0.15, 0.2) is 84.0 Å². The van der Waals surface area contributed by atoms with Gasteiger partial charge >= 0.3 is 0 Å². The number of hydrogen-bond acceptors (Lipinski definition) is 4. The molecule has 0 bridgehead atoms. The summed E-state index contributed by atoms with van der Waals surface area (Å²) in [7, 11) is 0. The zero-order valence-electron chi connectivity index (χ0n) is 14.7. The van der Waals surface area contributed by atoms with E-state index < -0.39 is 0 Å². The second-order valence-electron chi connectivity index (χ2n) is 6.18. The Morgan fingerprint density at radius 2 is 1.33 bits per heavy atom. The number of nitrogens with zero attached hydrogens (tertiary/aromatic N) is 2. The standard InChI is InChI=1S/C22H17N3O2/c1-15(23-24-16-9-3-2-4-10-16)17-11-7-8-14-20(17)25-21(26)18-12-5-6-13-19(18)22(25)27/h2-14,24H,1H3. The molecule has 1 aliphatic heterocycles. The molecular weight excluding hydrogens is 338 g/mol. The van der Waals surface area contributed by atoms with E-state index >= 15 is 0 Å². The maximum Gasteiger partial charge on any atom is 0.266 e. The highest BCUT2D eigenvalue weighted by Gasteiger charge is 2.37. The lowest BCUT2D eigenvalue weighted by molar-refractivity contribution is 0.0926. The van der Waals surface area contributed by atoms with Gasteiger partial charge in [0.25, 0.3) is 11.8 Å². The predicted molar refractivity (Wildman–Crippen MR) is 106 cm³/mol. The molecule has 0 fully saturated rings. The number of imide groups is 1. The van der Waals surface area contributed by atoms with E-state index in [1.807, 2.05) is 49.4 Å². The first-order valence-corrected chi connectivity index (χ1v) is 8.59. The van der Waals surface area contributed by atoms with Crippen LogP contribution in [0.25, 0.3) is 0 Å². The lowest BCUT2D eigenvalue weighted by Crippen LogP contribution is -2.30. The first kappa shape index (κ1) is 16.7. The molecule has 0 saturated carbocycles. The number of carbonyl (C=O) groups excluding carboxylic acids is 2. The van der Waals surface area contributed by atoms with Crippen LogP contribution >= 0.6 is 0 Å². The number of para-hydroxylation sites is 2. The fourth-order valence-corrected chi connectivity index (χ4v) is 3.10. The second kappa shape index (κ2) is 6.88. The summed E-state index contributed by atoms with van der Waals surface area (Å²) in [6, 6.07) is 23.7. The van der Waals surface area contributed by atoms with E-state index in [1.54, 1.807) is 36.4 Å². The third-order valence-corrected chi connectivity index (χ3v) is 4.46. The minimum Gasteiger partial charge on any atom is -0.278 e. The average molecular weight is 355 g/mol. The number of nitrogens with one attached hydrogen (secondary N) is 1. The smallest absolute Gasteiger partial charge is 0.266 e. The highest BCUT2D eigenvalue weighted by molar-refractivity contribution is 6.35. The number of hydrazone groups is 1. The van der Waals surface area contributed by atoms with Crippen LogP contribution in [0.3, 0.4) is 0 Å². The van der Waals surface area contributed by atoms with Crippen LogP contribution in [-0.2, 0) is 0 Å². The molecule has 1 aliphatic rings. The Hall–Kier alpha value is -3.73. The van der Waals surface area contributed by atoms with Crippen molar-refractivity contribution in [2.45, 2.75) is 6.92 Å². The van der Waals surface area contributed by atoms with E-state index in [9.17, 15) is 9.59 Å². The number of fused-ring (bicyclic) bond motifs is 1. The first-order chi connectivity index (χ1) is 13.2. The summed E-state index contributed by atoms with van der Waals surface area (Å²) in [4.78, 5) is 26.8. The Kier molecular flexibility index (Phi) is 4.26. The Bertz CT molecular complexity index is 1020. The summed E-state index contributed by atoms with van der Waals surface area (Å²) in [5.41, 5.74) is 6.62. The van der Waals surface area contributed by atoms with Gasteiger partial charge in [0.05, 0.1) is 28.2 Å². The largest absolute Gasteiger partial charge is 0.278 e. The SMILES string of the molecule is CC(=NNc1ccccc1)c1ccccc1N1C(=O)c2ccccc2C1=O. The van der Waals surface area contributed by atoms with Gasteiger partial charge in [-0.15, -0.1) is 0 Å². The van der Waals surface area contributed by atoms with Crippen LogP contribution in [0.2, 0.25) is 0 Å². The molecule has 0 saturated heterocycles. The van der Waals surface area contributed by atoms with Gasteiger partial charge in [-0.2, -0.15) is 5.10 Å². The fourth-order valence-electron chi connectivity index (χ4n) is 3.10. The van der Waals surface area contributed by atoms with E-state index in [0.717, 1.165) is 11.3 Å². The van der Waals surface area contributed by atoms with Crippen LogP contribution in [0.5, 0.6) is 0 Å². The third kappa shape index (κ3) is 3.00. The first-order valence-electron chi connectivity index (χ1n) is 8.59. The summed E-state index contributed by atoms with van der Waals surface area (Å²) in [6.07, 6.45) is 0. The number of amides is 2. The van der Waals surface area contributed by atoms with Crippen molar-refractivity contribution in [3.8, 4) is 0 Å². The quantitative estimate of drug-likeness (QED) is 0.431. The van der Waals surface area contributed by atoms with Crippen molar-refractivity contribution in [1.29, 1.82) is 0 Å². The lowest BCUT2D eigenvalue weighted by atomic mass is 10.1. The molecule has 0 aromatic heterocycles. The lowest BCUT2D eigenvalue weighted by Gasteiger charge is -2.18. The molecule has 0 aliphatic carbocycles.